The van der Waals surface area contributed by atoms with Gasteiger partial charge < -0.3 is 10.1 Å². The predicted molar refractivity (Wildman–Crippen MR) is 85.9 cm³/mol. The van der Waals surface area contributed by atoms with E-state index in [2.05, 4.69) is 40.2 Å². The van der Waals surface area contributed by atoms with Gasteiger partial charge >= 0.3 is 0 Å². The SMILES string of the molecule is CCC(C)n1nccc1NC(=O)c1cc(OC)ccc1Br. The molecule has 5 nitrogen and oxygen atoms in total. The van der Waals surface area contributed by atoms with Crippen LogP contribution >= 0.6 is 15.9 Å². The van der Waals surface area contributed by atoms with Gasteiger partial charge in [-0.3, -0.25) is 4.79 Å². The first-order valence-corrected chi connectivity index (χ1v) is 7.54. The van der Waals surface area contributed by atoms with E-state index in [0.29, 0.717) is 17.1 Å². The van der Waals surface area contributed by atoms with Crippen molar-refractivity contribution in [2.75, 3.05) is 12.4 Å². The summed E-state index contributed by atoms with van der Waals surface area (Å²) in [6.07, 6.45) is 2.62. The van der Waals surface area contributed by atoms with Crippen LogP contribution in [0.5, 0.6) is 5.75 Å². The Morgan fingerprint density at radius 1 is 1.48 bits per heavy atom. The molecule has 2 aromatic rings. The molecule has 1 amide bonds. The summed E-state index contributed by atoms with van der Waals surface area (Å²) in [6, 6.07) is 7.30. The molecule has 1 aromatic heterocycles. The molecule has 1 N–H and O–H groups in total. The second-order valence-corrected chi connectivity index (χ2v) is 5.57. The van der Waals surface area contributed by atoms with Crippen LogP contribution < -0.4 is 10.1 Å². The molecular formula is C15H18BrN3O2. The van der Waals surface area contributed by atoms with Gasteiger partial charge in [0.2, 0.25) is 0 Å². The van der Waals surface area contributed by atoms with Gasteiger partial charge in [-0.25, -0.2) is 4.68 Å². The van der Waals surface area contributed by atoms with Crippen LogP contribution in [0.25, 0.3) is 0 Å². The van der Waals surface area contributed by atoms with E-state index >= 15 is 0 Å². The fourth-order valence-electron chi connectivity index (χ4n) is 1.93. The number of halogens is 1. The molecule has 0 radical (unpaired) electrons. The lowest BCUT2D eigenvalue weighted by Gasteiger charge is -2.14. The smallest absolute Gasteiger partial charge is 0.258 e. The van der Waals surface area contributed by atoms with Crippen LogP contribution in [0.2, 0.25) is 0 Å². The standard InChI is InChI=1S/C15H18BrN3O2/c1-4-10(2)19-14(7-8-17-19)18-15(20)12-9-11(21-3)5-6-13(12)16/h5-10H,4H2,1-3H3,(H,18,20). The largest absolute Gasteiger partial charge is 0.497 e. The highest BCUT2D eigenvalue weighted by atomic mass is 79.9. The summed E-state index contributed by atoms with van der Waals surface area (Å²) in [6.45, 7) is 4.14. The first kappa shape index (κ1) is 15.6. The van der Waals surface area contributed by atoms with Gasteiger partial charge in [0.05, 0.1) is 24.9 Å². The molecule has 0 saturated heterocycles. The first-order chi connectivity index (χ1) is 10.1. The highest BCUT2D eigenvalue weighted by Gasteiger charge is 2.15. The van der Waals surface area contributed by atoms with Crippen molar-refractivity contribution in [2.45, 2.75) is 26.3 Å². The lowest BCUT2D eigenvalue weighted by atomic mass is 10.2. The minimum Gasteiger partial charge on any atom is -0.497 e. The van der Waals surface area contributed by atoms with Gasteiger partial charge in [0, 0.05) is 10.5 Å². The van der Waals surface area contributed by atoms with Crippen LogP contribution in [0.15, 0.2) is 34.9 Å². The van der Waals surface area contributed by atoms with Crippen LogP contribution in [0.1, 0.15) is 36.7 Å². The van der Waals surface area contributed by atoms with Crippen LogP contribution in [0.4, 0.5) is 5.82 Å². The van der Waals surface area contributed by atoms with Gasteiger partial charge in [-0.1, -0.05) is 6.92 Å². The van der Waals surface area contributed by atoms with Crippen molar-refractivity contribution in [2.24, 2.45) is 0 Å². The number of hydrogen-bond acceptors (Lipinski definition) is 3. The highest BCUT2D eigenvalue weighted by Crippen LogP contribution is 2.24. The zero-order valence-corrected chi connectivity index (χ0v) is 13.8. The second-order valence-electron chi connectivity index (χ2n) is 4.72. The Morgan fingerprint density at radius 2 is 2.24 bits per heavy atom. The molecule has 0 saturated carbocycles. The number of nitrogens with one attached hydrogen (secondary N) is 1. The number of ether oxygens (including phenoxy) is 1. The van der Waals surface area contributed by atoms with E-state index < -0.39 is 0 Å². The maximum Gasteiger partial charge on any atom is 0.258 e. The number of nitrogens with zero attached hydrogens (tertiary/aromatic N) is 2. The minimum atomic E-state index is -0.203. The number of carbonyl (C=O) groups excluding carboxylic acids is 1. The first-order valence-electron chi connectivity index (χ1n) is 6.75. The molecule has 6 heteroatoms. The third-order valence-electron chi connectivity index (χ3n) is 3.34. The number of carbonyl (C=O) groups is 1. The van der Waals surface area contributed by atoms with Gasteiger partial charge in [0.15, 0.2) is 0 Å². The highest BCUT2D eigenvalue weighted by molar-refractivity contribution is 9.10. The lowest BCUT2D eigenvalue weighted by molar-refractivity contribution is 0.102. The predicted octanol–water partition coefficient (Wildman–Crippen LogP) is 3.88. The van der Waals surface area contributed by atoms with E-state index in [1.54, 1.807) is 37.6 Å². The van der Waals surface area contributed by atoms with Crippen molar-refractivity contribution < 1.29 is 9.53 Å². The summed E-state index contributed by atoms with van der Waals surface area (Å²) >= 11 is 3.39. The van der Waals surface area contributed by atoms with E-state index in [0.717, 1.165) is 10.9 Å². The molecule has 0 fully saturated rings. The molecule has 1 aromatic carbocycles. The van der Waals surface area contributed by atoms with Crippen molar-refractivity contribution in [1.82, 2.24) is 9.78 Å². The van der Waals surface area contributed by atoms with Crippen LogP contribution in [-0.4, -0.2) is 22.8 Å². The summed E-state index contributed by atoms with van der Waals surface area (Å²) < 4.78 is 7.69. The number of benzene rings is 1. The quantitative estimate of drug-likeness (QED) is 0.889. The molecule has 0 bridgehead atoms. The Labute approximate surface area is 132 Å². The third kappa shape index (κ3) is 3.44. The average molecular weight is 352 g/mol. The Balaban J connectivity index is 2.24. The number of aromatic nitrogens is 2. The van der Waals surface area contributed by atoms with Gasteiger partial charge in [-0.2, -0.15) is 5.10 Å². The molecule has 1 heterocycles. The summed E-state index contributed by atoms with van der Waals surface area (Å²) in [7, 11) is 1.57. The maximum atomic E-state index is 12.4. The van der Waals surface area contributed by atoms with Crippen molar-refractivity contribution >= 4 is 27.7 Å². The summed E-state index contributed by atoms with van der Waals surface area (Å²) in [5.74, 6) is 1.12. The Kier molecular flexibility index (Phi) is 5.01. The molecule has 1 unspecified atom stereocenters. The topological polar surface area (TPSA) is 56.2 Å². The Morgan fingerprint density at radius 3 is 2.90 bits per heavy atom. The van der Waals surface area contributed by atoms with Gasteiger partial charge in [-0.15, -0.1) is 0 Å². The van der Waals surface area contributed by atoms with E-state index in [1.165, 1.54) is 0 Å². The second kappa shape index (κ2) is 6.76. The number of anilines is 1. The lowest BCUT2D eigenvalue weighted by Crippen LogP contribution is -2.17. The zero-order valence-electron chi connectivity index (χ0n) is 12.3. The summed E-state index contributed by atoms with van der Waals surface area (Å²) in [5.41, 5.74) is 0.520. The minimum absolute atomic E-state index is 0.203. The van der Waals surface area contributed by atoms with Crippen molar-refractivity contribution in [3.63, 3.8) is 0 Å². The maximum absolute atomic E-state index is 12.4. The Hall–Kier alpha value is -1.82. The van der Waals surface area contributed by atoms with E-state index in [4.69, 9.17) is 4.74 Å². The number of amides is 1. The molecule has 0 aliphatic carbocycles. The molecule has 2 rings (SSSR count). The molecule has 0 aliphatic heterocycles. The van der Waals surface area contributed by atoms with Crippen molar-refractivity contribution in [3.8, 4) is 5.75 Å². The fourth-order valence-corrected chi connectivity index (χ4v) is 2.35. The van der Waals surface area contributed by atoms with Gasteiger partial charge in [0.25, 0.3) is 5.91 Å². The molecule has 0 spiro atoms. The van der Waals surface area contributed by atoms with Gasteiger partial charge in [0.1, 0.15) is 11.6 Å². The van der Waals surface area contributed by atoms with Crippen LogP contribution in [0.3, 0.4) is 0 Å². The number of hydrogen-bond donors (Lipinski definition) is 1. The Bertz CT molecular complexity index is 640. The molecule has 112 valence electrons. The van der Waals surface area contributed by atoms with Crippen molar-refractivity contribution in [3.05, 3.63) is 40.5 Å². The fraction of sp³-hybridized carbons (Fsp3) is 0.333. The number of methoxy groups -OCH3 is 1. The molecule has 1 atom stereocenters. The van der Waals surface area contributed by atoms with Crippen molar-refractivity contribution in [1.29, 1.82) is 0 Å². The van der Waals surface area contributed by atoms with Gasteiger partial charge in [-0.05, 0) is 47.5 Å². The monoisotopic (exact) mass is 351 g/mol. The van der Waals surface area contributed by atoms with E-state index in [1.807, 2.05) is 4.68 Å². The molecule has 21 heavy (non-hydrogen) atoms. The third-order valence-corrected chi connectivity index (χ3v) is 4.03. The summed E-state index contributed by atoms with van der Waals surface area (Å²) in [5, 5.41) is 7.15. The zero-order chi connectivity index (χ0) is 15.4. The molecular weight excluding hydrogens is 334 g/mol. The van der Waals surface area contributed by atoms with E-state index in [9.17, 15) is 4.79 Å². The van der Waals surface area contributed by atoms with Crippen LogP contribution in [-0.2, 0) is 0 Å². The molecule has 0 aliphatic rings. The number of rotatable bonds is 5. The van der Waals surface area contributed by atoms with E-state index in [-0.39, 0.29) is 11.9 Å². The average Bonchev–Trinajstić information content (AvgIpc) is 2.95. The summed E-state index contributed by atoms with van der Waals surface area (Å²) in [4.78, 5) is 12.4. The van der Waals surface area contributed by atoms with Crippen LogP contribution in [0, 0.1) is 0 Å². The normalized spacial score (nSPS) is 12.0.